The molecular weight excluding hydrogens is 354 g/mol. The molecule has 1 unspecified atom stereocenters. The Bertz CT molecular complexity index is 573. The zero-order chi connectivity index (χ0) is 18.4. The third kappa shape index (κ3) is 5.81. The predicted octanol–water partition coefficient (Wildman–Crippen LogP) is 1.21. The largest absolute Gasteiger partial charge is 0.506 e. The van der Waals surface area contributed by atoms with Gasteiger partial charge in [0.1, 0.15) is 5.75 Å². The van der Waals surface area contributed by atoms with E-state index in [1.165, 1.54) is 0 Å². The number of hydrogen-bond acceptors (Lipinski definition) is 6. The lowest BCUT2D eigenvalue weighted by molar-refractivity contribution is -0.0624. The van der Waals surface area contributed by atoms with E-state index in [9.17, 15) is 5.11 Å². The highest BCUT2D eigenvalue weighted by molar-refractivity contribution is 6.32. The van der Waals surface area contributed by atoms with Gasteiger partial charge in [0.15, 0.2) is 0 Å². The van der Waals surface area contributed by atoms with Gasteiger partial charge in [-0.25, -0.2) is 0 Å². The third-order valence-electron chi connectivity index (χ3n) is 5.14. The number of rotatable bonds is 7. The van der Waals surface area contributed by atoms with Crippen molar-refractivity contribution < 1.29 is 14.6 Å². The lowest BCUT2D eigenvalue weighted by Crippen LogP contribution is -2.54. The molecule has 0 aliphatic carbocycles. The molecule has 146 valence electrons. The Morgan fingerprint density at radius 3 is 2.85 bits per heavy atom. The molecule has 2 N–H and O–H groups in total. The Hall–Kier alpha value is -0.890. The first-order valence-corrected chi connectivity index (χ1v) is 9.78. The van der Waals surface area contributed by atoms with E-state index in [-0.39, 0.29) is 11.9 Å². The molecule has 0 amide bonds. The summed E-state index contributed by atoms with van der Waals surface area (Å²) in [4.78, 5) is 5.00. The molecular formula is C19H30ClN3O3. The van der Waals surface area contributed by atoms with Crippen LogP contribution in [0.3, 0.4) is 0 Å². The highest BCUT2D eigenvalue weighted by Crippen LogP contribution is 2.24. The monoisotopic (exact) mass is 383 g/mol. The molecule has 2 atom stereocenters. The summed E-state index contributed by atoms with van der Waals surface area (Å²) in [6.45, 7) is 8.65. The number of benzene rings is 1. The van der Waals surface area contributed by atoms with Crippen LogP contribution < -0.4 is 5.32 Å². The molecule has 0 radical (unpaired) electrons. The average Bonchev–Trinajstić information content (AvgIpc) is 2.64. The van der Waals surface area contributed by atoms with Crippen LogP contribution in [0.2, 0.25) is 5.02 Å². The van der Waals surface area contributed by atoms with Crippen LogP contribution in [-0.4, -0.2) is 93.2 Å². The van der Waals surface area contributed by atoms with Gasteiger partial charge in [-0.3, -0.25) is 9.80 Å². The second-order valence-electron chi connectivity index (χ2n) is 7.19. The number of ether oxygens (including phenoxy) is 2. The molecule has 2 fully saturated rings. The number of phenols is 1. The van der Waals surface area contributed by atoms with E-state index in [1.54, 1.807) is 19.2 Å². The second kappa shape index (κ2) is 9.88. The van der Waals surface area contributed by atoms with Gasteiger partial charge in [0.2, 0.25) is 0 Å². The zero-order valence-electron chi connectivity index (χ0n) is 15.5. The van der Waals surface area contributed by atoms with Gasteiger partial charge < -0.3 is 19.9 Å². The van der Waals surface area contributed by atoms with Crippen LogP contribution in [0.1, 0.15) is 5.56 Å². The van der Waals surface area contributed by atoms with Crippen LogP contribution in [-0.2, 0) is 15.9 Å². The zero-order valence-corrected chi connectivity index (χ0v) is 16.2. The predicted molar refractivity (Wildman–Crippen MR) is 103 cm³/mol. The maximum Gasteiger partial charge on any atom is 0.134 e. The van der Waals surface area contributed by atoms with Gasteiger partial charge in [-0.15, -0.1) is 0 Å². The summed E-state index contributed by atoms with van der Waals surface area (Å²) >= 11 is 5.90. The Balaban J connectivity index is 1.44. The summed E-state index contributed by atoms with van der Waals surface area (Å²) in [5.41, 5.74) is 1.11. The van der Waals surface area contributed by atoms with Crippen molar-refractivity contribution >= 4 is 11.6 Å². The minimum absolute atomic E-state index is 0.162. The first-order chi connectivity index (χ1) is 12.6. The van der Waals surface area contributed by atoms with Crippen molar-refractivity contribution in [1.29, 1.82) is 0 Å². The van der Waals surface area contributed by atoms with Crippen molar-refractivity contribution in [3.05, 3.63) is 28.8 Å². The normalized spacial score (nSPS) is 25.5. The molecule has 0 aromatic heterocycles. The number of methoxy groups -OCH3 is 1. The maximum atomic E-state index is 9.78. The van der Waals surface area contributed by atoms with Crippen molar-refractivity contribution in [3.8, 4) is 5.75 Å². The summed E-state index contributed by atoms with van der Waals surface area (Å²) in [7, 11) is 1.73. The second-order valence-corrected chi connectivity index (χ2v) is 7.60. The minimum Gasteiger partial charge on any atom is -0.506 e. The number of phenolic OH excluding ortho intramolecular Hbond substituents is 1. The lowest BCUT2D eigenvalue weighted by atomic mass is 10.0. The van der Waals surface area contributed by atoms with Crippen LogP contribution in [0.25, 0.3) is 0 Å². The van der Waals surface area contributed by atoms with Gasteiger partial charge in [0.25, 0.3) is 0 Å². The number of nitrogens with one attached hydrogen (secondary N) is 1. The van der Waals surface area contributed by atoms with Gasteiger partial charge >= 0.3 is 0 Å². The van der Waals surface area contributed by atoms with Crippen molar-refractivity contribution in [2.45, 2.75) is 18.6 Å². The van der Waals surface area contributed by atoms with E-state index in [2.05, 4.69) is 15.1 Å². The third-order valence-corrected chi connectivity index (χ3v) is 5.46. The van der Waals surface area contributed by atoms with Crippen molar-refractivity contribution in [2.75, 3.05) is 66.1 Å². The van der Waals surface area contributed by atoms with Gasteiger partial charge in [-0.2, -0.15) is 0 Å². The quantitative estimate of drug-likeness (QED) is 0.738. The summed E-state index contributed by atoms with van der Waals surface area (Å²) in [5, 5.41) is 13.8. The van der Waals surface area contributed by atoms with Gasteiger partial charge in [-0.05, 0) is 24.1 Å². The molecule has 2 saturated heterocycles. The summed E-state index contributed by atoms with van der Waals surface area (Å²) < 4.78 is 10.9. The van der Waals surface area contributed by atoms with Crippen LogP contribution >= 0.6 is 11.6 Å². The Morgan fingerprint density at radius 1 is 1.27 bits per heavy atom. The average molecular weight is 384 g/mol. The molecule has 26 heavy (non-hydrogen) atoms. The molecule has 2 aliphatic heterocycles. The fourth-order valence-electron chi connectivity index (χ4n) is 3.76. The highest BCUT2D eigenvalue weighted by atomic mass is 35.5. The first-order valence-electron chi connectivity index (χ1n) is 9.40. The topological polar surface area (TPSA) is 57.2 Å². The number of hydrogen-bond donors (Lipinski definition) is 2. The SMILES string of the molecule is COC[C@H]1CN(CCN2CCNC(Cc3ccc(Cl)c(O)c3)C2)CCO1. The molecule has 0 bridgehead atoms. The maximum absolute atomic E-state index is 9.78. The standard InChI is InChI=1S/C19H30ClN3O3/c1-25-14-17-13-23(8-9-26-17)7-6-22-5-4-21-16(12-22)10-15-2-3-18(20)19(24)11-15/h2-3,11,16-17,21,24H,4-10,12-14H2,1H3/t16?,17-/m1/s1. The molecule has 7 heteroatoms. The van der Waals surface area contributed by atoms with E-state index in [1.807, 2.05) is 6.07 Å². The molecule has 2 aliphatic rings. The van der Waals surface area contributed by atoms with Crippen LogP contribution in [0.15, 0.2) is 18.2 Å². The fraction of sp³-hybridized carbons (Fsp3) is 0.684. The number of piperazine rings is 1. The van der Waals surface area contributed by atoms with E-state index in [4.69, 9.17) is 21.1 Å². The highest BCUT2D eigenvalue weighted by Gasteiger charge is 2.23. The summed E-state index contributed by atoms with van der Waals surface area (Å²) in [6.07, 6.45) is 1.09. The molecule has 2 heterocycles. The van der Waals surface area contributed by atoms with E-state index >= 15 is 0 Å². The van der Waals surface area contributed by atoms with Crippen LogP contribution in [0, 0.1) is 0 Å². The minimum atomic E-state index is 0.162. The number of morpholine rings is 1. The summed E-state index contributed by atoms with van der Waals surface area (Å²) in [5.74, 6) is 0.162. The molecule has 1 aromatic rings. The fourth-order valence-corrected chi connectivity index (χ4v) is 3.87. The van der Waals surface area contributed by atoms with Crippen LogP contribution in [0.5, 0.6) is 5.75 Å². The molecule has 3 rings (SSSR count). The van der Waals surface area contributed by atoms with Crippen LogP contribution in [0.4, 0.5) is 0 Å². The smallest absolute Gasteiger partial charge is 0.134 e. The Morgan fingerprint density at radius 2 is 2.08 bits per heavy atom. The first kappa shape index (κ1) is 19.9. The van der Waals surface area contributed by atoms with Crippen molar-refractivity contribution in [3.63, 3.8) is 0 Å². The summed E-state index contributed by atoms with van der Waals surface area (Å²) in [6, 6.07) is 5.93. The van der Waals surface area contributed by atoms with E-state index in [0.717, 1.165) is 64.4 Å². The van der Waals surface area contributed by atoms with E-state index < -0.39 is 0 Å². The van der Waals surface area contributed by atoms with Gasteiger partial charge in [0.05, 0.1) is 24.3 Å². The van der Waals surface area contributed by atoms with Crippen molar-refractivity contribution in [1.82, 2.24) is 15.1 Å². The Kier molecular flexibility index (Phi) is 7.54. The van der Waals surface area contributed by atoms with Crippen molar-refractivity contribution in [2.24, 2.45) is 0 Å². The van der Waals surface area contributed by atoms with E-state index in [0.29, 0.717) is 17.7 Å². The number of aromatic hydroxyl groups is 1. The molecule has 6 nitrogen and oxygen atoms in total. The Labute approximate surface area is 161 Å². The molecule has 1 aromatic carbocycles. The molecule has 0 spiro atoms. The molecule has 0 saturated carbocycles. The van der Waals surface area contributed by atoms with Gasteiger partial charge in [-0.1, -0.05) is 17.7 Å². The number of halogens is 1. The number of nitrogens with zero attached hydrogens (tertiary/aromatic N) is 2. The van der Waals surface area contributed by atoms with Gasteiger partial charge in [0, 0.05) is 59.0 Å². The lowest BCUT2D eigenvalue weighted by Gasteiger charge is -2.37.